The fourth-order valence-corrected chi connectivity index (χ4v) is 3.96. The number of benzene rings is 3. The molecule has 0 saturated carbocycles. The summed E-state index contributed by atoms with van der Waals surface area (Å²) in [5.74, 6) is -0.0161. The van der Waals surface area contributed by atoms with E-state index in [1.165, 1.54) is 4.90 Å². The van der Waals surface area contributed by atoms with Gasteiger partial charge >= 0.3 is 0 Å². The van der Waals surface area contributed by atoms with Crippen molar-refractivity contribution in [1.29, 1.82) is 0 Å². The zero-order valence-corrected chi connectivity index (χ0v) is 18.0. The predicted molar refractivity (Wildman–Crippen MR) is 126 cm³/mol. The molecule has 6 nitrogen and oxygen atoms in total. The summed E-state index contributed by atoms with van der Waals surface area (Å²) < 4.78 is 0. The van der Waals surface area contributed by atoms with Crippen molar-refractivity contribution < 1.29 is 9.59 Å². The average molecular weight is 427 g/mol. The van der Waals surface area contributed by atoms with Crippen molar-refractivity contribution in [2.24, 2.45) is 10.7 Å². The second-order valence-electron chi connectivity index (χ2n) is 7.80. The maximum Gasteiger partial charge on any atom is 0.266 e. The van der Waals surface area contributed by atoms with Crippen LogP contribution in [0.25, 0.3) is 0 Å². The molecule has 0 atom stereocenters. The molecule has 4 rings (SSSR count). The molecule has 1 heterocycles. The molecule has 1 aliphatic heterocycles. The number of nitrogens with one attached hydrogen (secondary N) is 1. The van der Waals surface area contributed by atoms with Gasteiger partial charge in [-0.15, -0.1) is 0 Å². The van der Waals surface area contributed by atoms with Gasteiger partial charge in [-0.25, -0.2) is 4.99 Å². The van der Waals surface area contributed by atoms with E-state index in [0.29, 0.717) is 13.0 Å². The Bertz CT molecular complexity index is 1090. The summed E-state index contributed by atoms with van der Waals surface area (Å²) in [5.41, 5.74) is 8.25. The topological polar surface area (TPSA) is 87.8 Å². The van der Waals surface area contributed by atoms with Crippen LogP contribution >= 0.6 is 0 Å². The fraction of sp³-hybridized carbons (Fsp3) is 0.192. The predicted octanol–water partition coefficient (Wildman–Crippen LogP) is 4.03. The molecule has 3 N–H and O–H groups in total. The molecule has 0 bridgehead atoms. The molecular formula is C26H26N4O2. The molecule has 0 fully saturated rings. The van der Waals surface area contributed by atoms with Crippen molar-refractivity contribution in [1.82, 2.24) is 4.90 Å². The van der Waals surface area contributed by atoms with Crippen LogP contribution in [0.1, 0.15) is 36.5 Å². The number of hydrogen-bond donors (Lipinski definition) is 2. The first-order valence-corrected chi connectivity index (χ1v) is 10.7. The van der Waals surface area contributed by atoms with Crippen LogP contribution in [0.2, 0.25) is 0 Å². The Hall–Kier alpha value is -3.93. The zero-order chi connectivity index (χ0) is 22.6. The van der Waals surface area contributed by atoms with Gasteiger partial charge in [0.2, 0.25) is 5.91 Å². The third kappa shape index (κ3) is 3.99. The Morgan fingerprint density at radius 3 is 2.03 bits per heavy atom. The van der Waals surface area contributed by atoms with Crippen LogP contribution in [0.4, 0.5) is 5.69 Å². The zero-order valence-electron chi connectivity index (χ0n) is 18.0. The van der Waals surface area contributed by atoms with E-state index in [1.54, 1.807) is 0 Å². The largest absolute Gasteiger partial charge is 0.369 e. The van der Waals surface area contributed by atoms with E-state index in [-0.39, 0.29) is 17.8 Å². The highest BCUT2D eigenvalue weighted by molar-refractivity contribution is 6.09. The van der Waals surface area contributed by atoms with Crippen molar-refractivity contribution in [2.45, 2.75) is 31.8 Å². The van der Waals surface area contributed by atoms with Crippen molar-refractivity contribution >= 4 is 23.5 Å². The van der Waals surface area contributed by atoms with Crippen LogP contribution in [0.5, 0.6) is 0 Å². The average Bonchev–Trinajstić information content (AvgIpc) is 3.07. The maximum absolute atomic E-state index is 13.8. The van der Waals surface area contributed by atoms with Gasteiger partial charge in [0, 0.05) is 12.1 Å². The minimum atomic E-state index is -1.21. The molecule has 0 radical (unpaired) electrons. The van der Waals surface area contributed by atoms with E-state index in [4.69, 9.17) is 10.7 Å². The lowest BCUT2D eigenvalue weighted by molar-refractivity contribution is -0.130. The lowest BCUT2D eigenvalue weighted by Gasteiger charge is -2.27. The van der Waals surface area contributed by atoms with Gasteiger partial charge in [-0.1, -0.05) is 79.7 Å². The second kappa shape index (κ2) is 9.06. The van der Waals surface area contributed by atoms with Crippen LogP contribution in [0, 0.1) is 0 Å². The lowest BCUT2D eigenvalue weighted by atomic mass is 9.83. The molecule has 0 saturated heterocycles. The van der Waals surface area contributed by atoms with E-state index >= 15 is 0 Å². The van der Waals surface area contributed by atoms with Gasteiger partial charge in [0.1, 0.15) is 0 Å². The van der Waals surface area contributed by atoms with Gasteiger partial charge in [-0.05, 0) is 35.2 Å². The standard InChI is InChI=1S/C26H26N4O2/c1-2-9-23(31)28-22-16-14-19(15-17-22)18-30-24(32)26(29-25(30)27,20-10-5-3-6-11-20)21-12-7-4-8-13-21/h3-8,10-17H,2,9,18H2,1H3,(H2,27,29)(H,28,31). The van der Waals surface area contributed by atoms with Gasteiger partial charge in [0.25, 0.3) is 5.91 Å². The molecule has 162 valence electrons. The van der Waals surface area contributed by atoms with Crippen LogP contribution in [0.15, 0.2) is 89.9 Å². The SMILES string of the molecule is CCCC(=O)Nc1ccc(CN2C(=O)C(c3ccccc3)(c3ccccc3)N=C2N)cc1. The highest BCUT2D eigenvalue weighted by Crippen LogP contribution is 2.39. The monoisotopic (exact) mass is 426 g/mol. The number of nitrogens with two attached hydrogens (primary N) is 1. The molecule has 6 heteroatoms. The number of rotatable bonds is 7. The summed E-state index contributed by atoms with van der Waals surface area (Å²) >= 11 is 0. The summed E-state index contributed by atoms with van der Waals surface area (Å²) in [6, 6.07) is 26.4. The van der Waals surface area contributed by atoms with Crippen LogP contribution in [0.3, 0.4) is 0 Å². The van der Waals surface area contributed by atoms with Crippen LogP contribution in [-0.4, -0.2) is 22.7 Å². The number of carbonyl (C=O) groups is 2. The van der Waals surface area contributed by atoms with Gasteiger partial charge in [0.05, 0.1) is 6.54 Å². The van der Waals surface area contributed by atoms with E-state index in [1.807, 2.05) is 91.9 Å². The lowest BCUT2D eigenvalue weighted by Crippen LogP contribution is -2.43. The van der Waals surface area contributed by atoms with Crippen molar-refractivity contribution in [3.8, 4) is 0 Å². The number of aliphatic imine (C=N–C) groups is 1. The molecule has 32 heavy (non-hydrogen) atoms. The number of amides is 2. The molecular weight excluding hydrogens is 400 g/mol. The number of anilines is 1. The van der Waals surface area contributed by atoms with Crippen LogP contribution < -0.4 is 11.1 Å². The molecule has 2 amide bonds. The smallest absolute Gasteiger partial charge is 0.266 e. The highest BCUT2D eigenvalue weighted by Gasteiger charge is 2.50. The van der Waals surface area contributed by atoms with Gasteiger partial charge in [-0.3, -0.25) is 14.5 Å². The molecule has 3 aromatic rings. The molecule has 0 unspecified atom stereocenters. The molecule has 0 aromatic heterocycles. The van der Waals surface area contributed by atoms with Crippen molar-refractivity contribution in [3.63, 3.8) is 0 Å². The Morgan fingerprint density at radius 1 is 0.938 bits per heavy atom. The highest BCUT2D eigenvalue weighted by atomic mass is 16.2. The van der Waals surface area contributed by atoms with Gasteiger partial charge in [-0.2, -0.15) is 0 Å². The number of hydrogen-bond acceptors (Lipinski definition) is 4. The Labute approximate surface area is 187 Å². The fourth-order valence-electron chi connectivity index (χ4n) is 3.96. The normalized spacial score (nSPS) is 14.8. The van der Waals surface area contributed by atoms with E-state index in [2.05, 4.69) is 5.32 Å². The van der Waals surface area contributed by atoms with E-state index in [9.17, 15) is 9.59 Å². The summed E-state index contributed by atoms with van der Waals surface area (Å²) in [6.45, 7) is 2.26. The summed E-state index contributed by atoms with van der Waals surface area (Å²) in [5, 5.41) is 2.87. The van der Waals surface area contributed by atoms with E-state index in [0.717, 1.165) is 28.8 Å². The van der Waals surface area contributed by atoms with Crippen molar-refractivity contribution in [3.05, 3.63) is 102 Å². The molecule has 1 aliphatic rings. The van der Waals surface area contributed by atoms with Gasteiger partial charge < -0.3 is 11.1 Å². The molecule has 3 aromatic carbocycles. The third-order valence-corrected chi connectivity index (χ3v) is 5.55. The first-order valence-electron chi connectivity index (χ1n) is 10.7. The molecule has 0 aliphatic carbocycles. The number of guanidine groups is 1. The minimum Gasteiger partial charge on any atom is -0.369 e. The Morgan fingerprint density at radius 2 is 1.50 bits per heavy atom. The summed E-state index contributed by atoms with van der Waals surface area (Å²) in [7, 11) is 0. The number of carbonyl (C=O) groups excluding carboxylic acids is 2. The Balaban J connectivity index is 1.62. The van der Waals surface area contributed by atoms with Crippen molar-refractivity contribution in [2.75, 3.05) is 5.32 Å². The quantitative estimate of drug-likeness (QED) is 0.598. The summed E-state index contributed by atoms with van der Waals surface area (Å²) in [4.78, 5) is 31.8. The second-order valence-corrected chi connectivity index (χ2v) is 7.80. The number of nitrogens with zero attached hydrogens (tertiary/aromatic N) is 2. The minimum absolute atomic E-state index is 0.0122. The van der Waals surface area contributed by atoms with Gasteiger partial charge in [0.15, 0.2) is 11.5 Å². The maximum atomic E-state index is 13.8. The summed E-state index contributed by atoms with van der Waals surface area (Å²) in [6.07, 6.45) is 1.28. The third-order valence-electron chi connectivity index (χ3n) is 5.55. The first kappa shape index (κ1) is 21.3. The molecule has 0 spiro atoms. The van der Waals surface area contributed by atoms with E-state index < -0.39 is 5.54 Å². The van der Waals surface area contributed by atoms with Crippen LogP contribution in [-0.2, 0) is 21.7 Å². The Kier molecular flexibility index (Phi) is 6.03. The first-order chi connectivity index (χ1) is 15.5.